The van der Waals surface area contributed by atoms with E-state index in [0.29, 0.717) is 6.04 Å². The number of nitrogens with zero attached hydrogens (tertiary/aromatic N) is 1. The zero-order chi connectivity index (χ0) is 13.8. The molecule has 0 bridgehead atoms. The third kappa shape index (κ3) is 4.03. The van der Waals surface area contributed by atoms with Gasteiger partial charge in [0, 0.05) is 20.8 Å². The Labute approximate surface area is 129 Å². The molecule has 0 aromatic carbocycles. The highest BCUT2D eigenvalue weighted by Crippen LogP contribution is 2.34. The van der Waals surface area contributed by atoms with Crippen LogP contribution in [0, 0.1) is 5.92 Å². The van der Waals surface area contributed by atoms with Crippen LogP contribution in [-0.4, -0.2) is 24.0 Å². The predicted molar refractivity (Wildman–Crippen MR) is 87.6 cm³/mol. The first kappa shape index (κ1) is 15.5. The summed E-state index contributed by atoms with van der Waals surface area (Å²) in [5, 5.41) is 2.16. The average molecular weight is 345 g/mol. The minimum absolute atomic E-state index is 0.188. The summed E-state index contributed by atoms with van der Waals surface area (Å²) in [6.07, 6.45) is 5.38. The number of hydrogen-bond acceptors (Lipinski definition) is 3. The van der Waals surface area contributed by atoms with E-state index in [0.717, 1.165) is 5.92 Å². The molecule has 0 spiro atoms. The number of hydrogen-bond donors (Lipinski definition) is 1. The highest BCUT2D eigenvalue weighted by Gasteiger charge is 2.29. The minimum atomic E-state index is 0.188. The van der Waals surface area contributed by atoms with Crippen molar-refractivity contribution in [1.29, 1.82) is 0 Å². The van der Waals surface area contributed by atoms with Gasteiger partial charge in [0.15, 0.2) is 0 Å². The average Bonchev–Trinajstić information content (AvgIpc) is 2.78. The summed E-state index contributed by atoms with van der Waals surface area (Å²) in [5.74, 6) is 0.935. The van der Waals surface area contributed by atoms with Gasteiger partial charge in [-0.25, -0.2) is 0 Å². The summed E-state index contributed by atoms with van der Waals surface area (Å²) in [6.45, 7) is 6.83. The van der Waals surface area contributed by atoms with Gasteiger partial charge in [-0.1, -0.05) is 19.8 Å². The number of rotatable bonds is 5. The lowest BCUT2D eigenvalue weighted by Crippen LogP contribution is -2.43. The van der Waals surface area contributed by atoms with Gasteiger partial charge in [0.25, 0.3) is 0 Å². The molecule has 0 aliphatic carbocycles. The van der Waals surface area contributed by atoms with Crippen LogP contribution < -0.4 is 5.73 Å². The van der Waals surface area contributed by atoms with Crippen LogP contribution in [0.25, 0.3) is 0 Å². The SMILES string of the molecule is CCCC1CCN(C(c2cc(Br)cs2)C(C)N)CC1. The molecule has 0 radical (unpaired) electrons. The highest BCUT2D eigenvalue weighted by molar-refractivity contribution is 9.10. The number of halogens is 1. The Hall–Kier alpha value is 0.1000. The van der Waals surface area contributed by atoms with Crippen molar-refractivity contribution in [3.8, 4) is 0 Å². The minimum Gasteiger partial charge on any atom is -0.326 e. The van der Waals surface area contributed by atoms with E-state index in [1.165, 1.54) is 48.1 Å². The summed E-state index contributed by atoms with van der Waals surface area (Å²) < 4.78 is 1.18. The zero-order valence-corrected chi connectivity index (χ0v) is 14.3. The van der Waals surface area contributed by atoms with Gasteiger partial charge in [-0.3, -0.25) is 4.90 Å². The molecule has 1 saturated heterocycles. The molecule has 1 aromatic heterocycles. The van der Waals surface area contributed by atoms with Crippen LogP contribution in [-0.2, 0) is 0 Å². The summed E-state index contributed by atoms with van der Waals surface area (Å²) in [4.78, 5) is 3.99. The molecule has 19 heavy (non-hydrogen) atoms. The predicted octanol–water partition coefficient (Wildman–Crippen LogP) is 4.41. The third-order valence-electron chi connectivity index (χ3n) is 4.12. The second kappa shape index (κ2) is 7.21. The summed E-state index contributed by atoms with van der Waals surface area (Å²) in [7, 11) is 0. The lowest BCUT2D eigenvalue weighted by molar-refractivity contribution is 0.117. The van der Waals surface area contributed by atoms with E-state index in [1.807, 2.05) is 11.3 Å². The molecular formula is C15H25BrN2S. The molecule has 2 rings (SSSR count). The van der Waals surface area contributed by atoms with Gasteiger partial charge in [0.05, 0.1) is 6.04 Å². The Bertz CT molecular complexity index is 383. The largest absolute Gasteiger partial charge is 0.326 e. The van der Waals surface area contributed by atoms with Crippen LogP contribution in [0.2, 0.25) is 0 Å². The van der Waals surface area contributed by atoms with Gasteiger partial charge in [-0.15, -0.1) is 11.3 Å². The van der Waals surface area contributed by atoms with Crippen LogP contribution in [0.5, 0.6) is 0 Å². The molecule has 1 aromatic rings. The number of nitrogens with two attached hydrogens (primary N) is 1. The number of piperidine rings is 1. The first-order valence-electron chi connectivity index (χ1n) is 7.35. The van der Waals surface area contributed by atoms with Crippen molar-refractivity contribution in [3.05, 3.63) is 20.8 Å². The van der Waals surface area contributed by atoms with Crippen molar-refractivity contribution < 1.29 is 0 Å². The molecule has 108 valence electrons. The van der Waals surface area contributed by atoms with E-state index in [-0.39, 0.29) is 6.04 Å². The van der Waals surface area contributed by atoms with E-state index >= 15 is 0 Å². The van der Waals surface area contributed by atoms with E-state index in [2.05, 4.69) is 46.1 Å². The van der Waals surface area contributed by atoms with Crippen LogP contribution >= 0.6 is 27.3 Å². The molecule has 1 aliphatic heterocycles. The number of thiophene rings is 1. The van der Waals surface area contributed by atoms with Gasteiger partial charge in [0.2, 0.25) is 0 Å². The van der Waals surface area contributed by atoms with Gasteiger partial charge >= 0.3 is 0 Å². The fourth-order valence-electron chi connectivity index (χ4n) is 3.18. The molecule has 0 amide bonds. The Morgan fingerprint density at radius 1 is 1.47 bits per heavy atom. The lowest BCUT2D eigenvalue weighted by atomic mass is 9.91. The Morgan fingerprint density at radius 3 is 2.63 bits per heavy atom. The normalized spacial score (nSPS) is 21.5. The van der Waals surface area contributed by atoms with Gasteiger partial charge in [-0.05, 0) is 60.8 Å². The molecule has 2 unspecified atom stereocenters. The second-order valence-corrected chi connectivity index (χ2v) is 7.60. The second-order valence-electron chi connectivity index (χ2n) is 5.74. The maximum atomic E-state index is 6.25. The van der Waals surface area contributed by atoms with Gasteiger partial charge < -0.3 is 5.73 Å². The first-order valence-corrected chi connectivity index (χ1v) is 9.02. The van der Waals surface area contributed by atoms with Gasteiger partial charge in [-0.2, -0.15) is 0 Å². The Kier molecular flexibility index (Phi) is 5.87. The molecule has 4 heteroatoms. The number of likely N-dealkylation sites (tertiary alicyclic amines) is 1. The highest BCUT2D eigenvalue weighted by atomic mass is 79.9. The van der Waals surface area contributed by atoms with E-state index < -0.39 is 0 Å². The topological polar surface area (TPSA) is 29.3 Å². The molecular weight excluding hydrogens is 320 g/mol. The van der Waals surface area contributed by atoms with E-state index in [1.54, 1.807) is 0 Å². The molecule has 2 N–H and O–H groups in total. The van der Waals surface area contributed by atoms with Crippen LogP contribution in [0.1, 0.15) is 50.4 Å². The van der Waals surface area contributed by atoms with Crippen molar-refractivity contribution in [1.82, 2.24) is 4.90 Å². The maximum Gasteiger partial charge on any atom is 0.0591 e. The van der Waals surface area contributed by atoms with E-state index in [9.17, 15) is 0 Å². The van der Waals surface area contributed by atoms with Crippen LogP contribution in [0.15, 0.2) is 15.9 Å². The van der Waals surface area contributed by atoms with Crippen LogP contribution in [0.4, 0.5) is 0 Å². The quantitative estimate of drug-likeness (QED) is 0.856. The van der Waals surface area contributed by atoms with Crippen molar-refractivity contribution in [2.75, 3.05) is 13.1 Å². The third-order valence-corrected chi connectivity index (χ3v) is 5.88. The molecule has 1 fully saturated rings. The molecule has 1 aliphatic rings. The molecule has 2 heterocycles. The maximum absolute atomic E-state index is 6.25. The monoisotopic (exact) mass is 344 g/mol. The van der Waals surface area contributed by atoms with Crippen molar-refractivity contribution in [2.45, 2.75) is 51.6 Å². The van der Waals surface area contributed by atoms with Gasteiger partial charge in [0.1, 0.15) is 0 Å². The zero-order valence-electron chi connectivity index (χ0n) is 11.9. The smallest absolute Gasteiger partial charge is 0.0591 e. The molecule has 0 saturated carbocycles. The summed E-state index contributed by atoms with van der Waals surface area (Å²) in [5.41, 5.74) is 6.25. The van der Waals surface area contributed by atoms with Crippen LogP contribution in [0.3, 0.4) is 0 Å². The van der Waals surface area contributed by atoms with Crippen molar-refractivity contribution in [2.24, 2.45) is 11.7 Å². The van der Waals surface area contributed by atoms with Crippen molar-refractivity contribution >= 4 is 27.3 Å². The molecule has 2 atom stereocenters. The van der Waals surface area contributed by atoms with Crippen molar-refractivity contribution in [3.63, 3.8) is 0 Å². The fraction of sp³-hybridized carbons (Fsp3) is 0.733. The lowest BCUT2D eigenvalue weighted by Gasteiger charge is -2.39. The van der Waals surface area contributed by atoms with E-state index in [4.69, 9.17) is 5.73 Å². The first-order chi connectivity index (χ1) is 9.11. The molecule has 2 nitrogen and oxygen atoms in total. The fourth-order valence-corrected chi connectivity index (χ4v) is 4.88. The Balaban J connectivity index is 2.01. The summed E-state index contributed by atoms with van der Waals surface area (Å²) >= 11 is 5.38. The summed E-state index contributed by atoms with van der Waals surface area (Å²) in [6, 6.07) is 2.81. The Morgan fingerprint density at radius 2 is 2.16 bits per heavy atom. The standard InChI is InChI=1S/C15H25BrN2S/c1-3-4-12-5-7-18(8-6-12)15(11(2)17)14-9-13(16)10-19-14/h9-12,15H,3-8,17H2,1-2H3.